The summed E-state index contributed by atoms with van der Waals surface area (Å²) in [6, 6.07) is 13.0. The molecule has 0 fully saturated rings. The second-order valence-electron chi connectivity index (χ2n) is 3.48. The summed E-state index contributed by atoms with van der Waals surface area (Å²) in [5.41, 5.74) is 1.23. The van der Waals surface area contributed by atoms with Crippen molar-refractivity contribution in [1.29, 1.82) is 0 Å². The van der Waals surface area contributed by atoms with E-state index in [1.807, 2.05) is 36.5 Å². The molecular weight excluding hydrogens is 204 g/mol. The third kappa shape index (κ3) is 2.42. The van der Waals surface area contributed by atoms with E-state index in [0.717, 1.165) is 5.56 Å². The Morgan fingerprint density at radius 1 is 1.12 bits per heavy atom. The van der Waals surface area contributed by atoms with Gasteiger partial charge in [-0.05, 0) is 0 Å². The van der Waals surface area contributed by atoms with Gasteiger partial charge < -0.3 is 0 Å². The molecule has 4 nitrogen and oxygen atoms in total. The van der Waals surface area contributed by atoms with Gasteiger partial charge in [0.25, 0.3) is 0 Å². The highest BCUT2D eigenvalue weighted by Gasteiger charge is 2.11. The Morgan fingerprint density at radius 3 is 2.56 bits per heavy atom. The van der Waals surface area contributed by atoms with Crippen LogP contribution in [0.25, 0.3) is 0 Å². The lowest BCUT2D eigenvalue weighted by atomic mass is 10.2. The van der Waals surface area contributed by atoms with E-state index in [1.165, 1.54) is 12.3 Å². The predicted octanol–water partition coefficient (Wildman–Crippen LogP) is 1.93. The van der Waals surface area contributed by atoms with E-state index in [4.69, 9.17) is 0 Å². The molecule has 1 aromatic heterocycles. The fourth-order valence-electron chi connectivity index (χ4n) is 1.51. The van der Waals surface area contributed by atoms with E-state index >= 15 is 0 Å². The number of rotatable bonds is 3. The van der Waals surface area contributed by atoms with Crippen molar-refractivity contribution in [2.75, 3.05) is 0 Å². The van der Waals surface area contributed by atoms with Gasteiger partial charge in [0.2, 0.25) is 6.20 Å². The Hall–Kier alpha value is -2.23. The summed E-state index contributed by atoms with van der Waals surface area (Å²) in [5.74, 6) is 0. The first kappa shape index (κ1) is 10.3. The largest absolute Gasteiger partial charge is 0.332 e. The van der Waals surface area contributed by atoms with Crippen LogP contribution in [-0.4, -0.2) is 4.92 Å². The van der Waals surface area contributed by atoms with Crippen LogP contribution in [0.15, 0.2) is 54.9 Å². The highest BCUT2D eigenvalue weighted by molar-refractivity contribution is 5.21. The van der Waals surface area contributed by atoms with Crippen molar-refractivity contribution in [3.8, 4) is 0 Å². The Labute approximate surface area is 92.9 Å². The molecule has 0 radical (unpaired) electrons. The zero-order valence-corrected chi connectivity index (χ0v) is 8.61. The van der Waals surface area contributed by atoms with E-state index in [1.54, 1.807) is 10.6 Å². The molecule has 16 heavy (non-hydrogen) atoms. The Balaban J connectivity index is 2.22. The van der Waals surface area contributed by atoms with Crippen molar-refractivity contribution >= 4 is 5.69 Å². The highest BCUT2D eigenvalue weighted by atomic mass is 16.6. The van der Waals surface area contributed by atoms with Crippen molar-refractivity contribution in [1.82, 2.24) is 0 Å². The molecule has 0 saturated heterocycles. The molecule has 2 rings (SSSR count). The minimum absolute atomic E-state index is 0.110. The Bertz CT molecular complexity index is 497. The van der Waals surface area contributed by atoms with Crippen molar-refractivity contribution in [2.24, 2.45) is 0 Å². The smallest absolute Gasteiger partial charge is 0.258 e. The molecule has 0 N–H and O–H groups in total. The highest BCUT2D eigenvalue weighted by Crippen LogP contribution is 2.05. The minimum Gasteiger partial charge on any atom is -0.258 e. The molecule has 4 heteroatoms. The number of nitrogens with zero attached hydrogens (tertiary/aromatic N) is 2. The van der Waals surface area contributed by atoms with Gasteiger partial charge in [-0.2, -0.15) is 4.57 Å². The fourth-order valence-corrected chi connectivity index (χ4v) is 1.51. The maximum atomic E-state index is 10.6. The zero-order chi connectivity index (χ0) is 11.4. The van der Waals surface area contributed by atoms with Gasteiger partial charge >= 0.3 is 5.69 Å². The molecule has 0 bridgehead atoms. The van der Waals surface area contributed by atoms with Crippen LogP contribution in [0.3, 0.4) is 0 Å². The van der Waals surface area contributed by atoms with Crippen LogP contribution in [0.2, 0.25) is 0 Å². The second kappa shape index (κ2) is 4.53. The van der Waals surface area contributed by atoms with E-state index in [9.17, 15) is 10.1 Å². The van der Waals surface area contributed by atoms with Crippen LogP contribution in [0, 0.1) is 10.1 Å². The first-order chi connectivity index (χ1) is 7.75. The van der Waals surface area contributed by atoms with E-state index < -0.39 is 0 Å². The molecule has 1 aromatic carbocycles. The summed E-state index contributed by atoms with van der Waals surface area (Å²) in [6.07, 6.45) is 3.35. The Kier molecular flexibility index (Phi) is 2.91. The molecule has 0 unspecified atom stereocenters. The quantitative estimate of drug-likeness (QED) is 0.446. The first-order valence-corrected chi connectivity index (χ1v) is 4.93. The second-order valence-corrected chi connectivity index (χ2v) is 3.48. The van der Waals surface area contributed by atoms with Gasteiger partial charge in [0.1, 0.15) is 0 Å². The fraction of sp³-hybridized carbons (Fsp3) is 0.0833. The molecule has 0 aliphatic heterocycles. The van der Waals surface area contributed by atoms with Gasteiger partial charge in [0.05, 0.1) is 4.92 Å². The van der Waals surface area contributed by atoms with Crippen LogP contribution in [-0.2, 0) is 6.54 Å². The van der Waals surface area contributed by atoms with Gasteiger partial charge in [-0.1, -0.05) is 30.3 Å². The van der Waals surface area contributed by atoms with E-state index in [-0.39, 0.29) is 10.6 Å². The van der Waals surface area contributed by atoms with Gasteiger partial charge in [-0.3, -0.25) is 10.1 Å². The maximum absolute atomic E-state index is 10.6. The lowest BCUT2D eigenvalue weighted by molar-refractivity contribution is -0.690. The zero-order valence-electron chi connectivity index (χ0n) is 8.61. The third-order valence-corrected chi connectivity index (χ3v) is 2.26. The lowest BCUT2D eigenvalue weighted by Crippen LogP contribution is -2.33. The van der Waals surface area contributed by atoms with Crippen molar-refractivity contribution in [3.05, 3.63) is 70.5 Å². The lowest BCUT2D eigenvalue weighted by Gasteiger charge is -1.96. The average molecular weight is 215 g/mol. The molecule has 0 atom stereocenters. The molecule has 0 aliphatic rings. The number of aromatic nitrogens is 1. The van der Waals surface area contributed by atoms with Crippen molar-refractivity contribution < 1.29 is 9.49 Å². The minimum atomic E-state index is -0.387. The predicted molar refractivity (Wildman–Crippen MR) is 58.8 cm³/mol. The number of benzene rings is 1. The summed E-state index contributed by atoms with van der Waals surface area (Å²) < 4.78 is 1.80. The number of pyridine rings is 1. The molecule has 0 spiro atoms. The summed E-state index contributed by atoms with van der Waals surface area (Å²) >= 11 is 0. The summed E-state index contributed by atoms with van der Waals surface area (Å²) in [7, 11) is 0. The van der Waals surface area contributed by atoms with Crippen LogP contribution in [0.5, 0.6) is 0 Å². The molecule has 0 amide bonds. The van der Waals surface area contributed by atoms with Gasteiger partial charge in [0.15, 0.2) is 12.7 Å². The van der Waals surface area contributed by atoms with Gasteiger partial charge in [0, 0.05) is 17.7 Å². The van der Waals surface area contributed by atoms with Crippen LogP contribution in [0.4, 0.5) is 5.69 Å². The SMILES string of the molecule is O=[N+]([O-])c1ccc[n+](Cc2ccccc2)c1. The standard InChI is InChI=1S/C12H11N2O2/c15-14(16)12-7-4-8-13(10-12)9-11-5-2-1-3-6-11/h1-8,10H,9H2/q+1. The third-order valence-electron chi connectivity index (χ3n) is 2.26. The monoisotopic (exact) mass is 215 g/mol. The Morgan fingerprint density at radius 2 is 1.88 bits per heavy atom. The average Bonchev–Trinajstić information content (AvgIpc) is 2.30. The van der Waals surface area contributed by atoms with E-state index in [0.29, 0.717) is 6.54 Å². The maximum Gasteiger partial charge on any atom is 0.332 e. The van der Waals surface area contributed by atoms with E-state index in [2.05, 4.69) is 0 Å². The molecule has 0 aliphatic carbocycles. The number of nitro groups is 1. The number of hydrogen-bond acceptors (Lipinski definition) is 2. The summed E-state index contributed by atoms with van der Waals surface area (Å²) in [6.45, 7) is 0.641. The van der Waals surface area contributed by atoms with Crippen molar-refractivity contribution in [3.63, 3.8) is 0 Å². The molecular formula is C12H11N2O2+. The van der Waals surface area contributed by atoms with Crippen LogP contribution < -0.4 is 4.57 Å². The normalized spacial score (nSPS) is 10.0. The molecule has 2 aromatic rings. The van der Waals surface area contributed by atoms with Gasteiger partial charge in [-0.15, -0.1) is 0 Å². The topological polar surface area (TPSA) is 47.0 Å². The van der Waals surface area contributed by atoms with Crippen LogP contribution >= 0.6 is 0 Å². The summed E-state index contributed by atoms with van der Waals surface area (Å²) in [5, 5.41) is 10.6. The van der Waals surface area contributed by atoms with Gasteiger partial charge in [-0.25, -0.2) is 0 Å². The van der Waals surface area contributed by atoms with Crippen molar-refractivity contribution in [2.45, 2.75) is 6.54 Å². The first-order valence-electron chi connectivity index (χ1n) is 4.93. The van der Waals surface area contributed by atoms with Crippen LogP contribution in [0.1, 0.15) is 5.56 Å². The number of hydrogen-bond donors (Lipinski definition) is 0. The molecule has 80 valence electrons. The molecule has 1 heterocycles. The summed E-state index contributed by atoms with van der Waals surface area (Å²) in [4.78, 5) is 10.2. The molecule has 0 saturated carbocycles.